The van der Waals surface area contributed by atoms with Crippen LogP contribution in [0, 0.1) is 5.82 Å². The number of nitrogen functional groups attached to an aromatic ring is 1. The average molecular weight is 309 g/mol. The number of carbonyl (C=O) groups excluding carboxylic acids is 1. The highest BCUT2D eigenvalue weighted by molar-refractivity contribution is 9.10. The molecule has 1 amide bonds. The van der Waals surface area contributed by atoms with Gasteiger partial charge in [-0.3, -0.25) is 4.79 Å². The van der Waals surface area contributed by atoms with E-state index in [1.54, 1.807) is 18.2 Å². The molecule has 0 atom stereocenters. The van der Waals surface area contributed by atoms with Crippen molar-refractivity contribution in [3.05, 3.63) is 58.3 Å². The SMILES string of the molecule is Nc1cc(C(=O)Nc2cccc(Br)c2)ccc1F. The maximum Gasteiger partial charge on any atom is 0.255 e. The third-order valence-corrected chi connectivity index (χ3v) is 2.83. The standard InChI is InChI=1S/C13H10BrFN2O/c14-9-2-1-3-10(7-9)17-13(18)8-4-5-11(15)12(16)6-8/h1-7H,16H2,(H,17,18). The van der Waals surface area contributed by atoms with Crippen molar-refractivity contribution < 1.29 is 9.18 Å². The summed E-state index contributed by atoms with van der Waals surface area (Å²) in [5.74, 6) is -0.867. The van der Waals surface area contributed by atoms with Crippen molar-refractivity contribution in [2.24, 2.45) is 0 Å². The quantitative estimate of drug-likeness (QED) is 0.835. The molecule has 0 unspecified atom stereocenters. The highest BCUT2D eigenvalue weighted by Gasteiger charge is 2.08. The van der Waals surface area contributed by atoms with Gasteiger partial charge in [0, 0.05) is 15.7 Å². The lowest BCUT2D eigenvalue weighted by molar-refractivity contribution is 0.102. The van der Waals surface area contributed by atoms with Gasteiger partial charge in [0.25, 0.3) is 5.91 Å². The minimum atomic E-state index is -0.533. The van der Waals surface area contributed by atoms with Crippen molar-refractivity contribution in [2.75, 3.05) is 11.1 Å². The Hall–Kier alpha value is -1.88. The molecule has 2 aromatic rings. The molecule has 2 rings (SSSR count). The van der Waals surface area contributed by atoms with Crippen LogP contribution in [0.25, 0.3) is 0 Å². The monoisotopic (exact) mass is 308 g/mol. The number of anilines is 2. The van der Waals surface area contributed by atoms with E-state index in [1.807, 2.05) is 6.07 Å². The highest BCUT2D eigenvalue weighted by atomic mass is 79.9. The lowest BCUT2D eigenvalue weighted by Gasteiger charge is -2.06. The van der Waals surface area contributed by atoms with Gasteiger partial charge >= 0.3 is 0 Å². The predicted octanol–water partition coefficient (Wildman–Crippen LogP) is 3.42. The zero-order chi connectivity index (χ0) is 13.1. The van der Waals surface area contributed by atoms with E-state index in [-0.39, 0.29) is 11.6 Å². The van der Waals surface area contributed by atoms with Gasteiger partial charge in [-0.15, -0.1) is 0 Å². The third kappa shape index (κ3) is 2.87. The number of halogens is 2. The zero-order valence-electron chi connectivity index (χ0n) is 9.28. The molecule has 0 heterocycles. The normalized spacial score (nSPS) is 10.1. The second-order valence-electron chi connectivity index (χ2n) is 3.70. The summed E-state index contributed by atoms with van der Waals surface area (Å²) < 4.78 is 13.8. The fourth-order valence-electron chi connectivity index (χ4n) is 1.45. The van der Waals surface area contributed by atoms with Crippen molar-refractivity contribution in [3.63, 3.8) is 0 Å². The third-order valence-electron chi connectivity index (χ3n) is 2.34. The smallest absolute Gasteiger partial charge is 0.255 e. The fraction of sp³-hybridized carbons (Fsp3) is 0. The topological polar surface area (TPSA) is 55.1 Å². The van der Waals surface area contributed by atoms with E-state index < -0.39 is 5.82 Å². The van der Waals surface area contributed by atoms with E-state index in [0.717, 1.165) is 4.47 Å². The van der Waals surface area contributed by atoms with E-state index >= 15 is 0 Å². The molecule has 0 aliphatic rings. The van der Waals surface area contributed by atoms with Crippen LogP contribution in [0.15, 0.2) is 46.9 Å². The minimum absolute atomic E-state index is 0.0445. The molecule has 0 saturated carbocycles. The Balaban J connectivity index is 2.19. The summed E-state index contributed by atoms with van der Waals surface area (Å²) in [5.41, 5.74) is 6.33. The Labute approximate surface area is 112 Å². The van der Waals surface area contributed by atoms with Crippen molar-refractivity contribution in [2.45, 2.75) is 0 Å². The molecule has 0 spiro atoms. The molecule has 3 nitrogen and oxygen atoms in total. The zero-order valence-corrected chi connectivity index (χ0v) is 10.9. The van der Waals surface area contributed by atoms with E-state index in [2.05, 4.69) is 21.2 Å². The summed E-state index contributed by atoms with van der Waals surface area (Å²) in [6, 6.07) is 11.1. The average Bonchev–Trinajstić information content (AvgIpc) is 2.32. The number of carbonyl (C=O) groups is 1. The molecule has 0 radical (unpaired) electrons. The van der Waals surface area contributed by atoms with Gasteiger partial charge in [-0.2, -0.15) is 0 Å². The predicted molar refractivity (Wildman–Crippen MR) is 72.9 cm³/mol. The van der Waals surface area contributed by atoms with Crippen LogP contribution < -0.4 is 11.1 Å². The van der Waals surface area contributed by atoms with Gasteiger partial charge in [-0.1, -0.05) is 22.0 Å². The van der Waals surface area contributed by atoms with Crippen LogP contribution in [-0.2, 0) is 0 Å². The van der Waals surface area contributed by atoms with Gasteiger partial charge in [0.1, 0.15) is 5.82 Å². The highest BCUT2D eigenvalue weighted by Crippen LogP contribution is 2.18. The number of benzene rings is 2. The maximum atomic E-state index is 13.0. The van der Waals surface area contributed by atoms with E-state index in [1.165, 1.54) is 18.2 Å². The largest absolute Gasteiger partial charge is 0.396 e. The summed E-state index contributed by atoms with van der Waals surface area (Å²) in [6.45, 7) is 0. The van der Waals surface area contributed by atoms with Crippen LogP contribution in [0.3, 0.4) is 0 Å². The lowest BCUT2D eigenvalue weighted by atomic mass is 10.2. The number of nitrogens with one attached hydrogen (secondary N) is 1. The van der Waals surface area contributed by atoms with Crippen LogP contribution in [0.4, 0.5) is 15.8 Å². The van der Waals surface area contributed by atoms with Crippen LogP contribution in [-0.4, -0.2) is 5.91 Å². The number of rotatable bonds is 2. The van der Waals surface area contributed by atoms with Crippen molar-refractivity contribution >= 4 is 33.2 Å². The molecule has 2 aromatic carbocycles. The fourth-order valence-corrected chi connectivity index (χ4v) is 1.85. The lowest BCUT2D eigenvalue weighted by Crippen LogP contribution is -2.12. The van der Waals surface area contributed by atoms with Crippen molar-refractivity contribution in [3.8, 4) is 0 Å². The molecule has 0 saturated heterocycles. The second-order valence-corrected chi connectivity index (χ2v) is 4.62. The molecule has 0 fully saturated rings. The molecule has 0 aromatic heterocycles. The van der Waals surface area contributed by atoms with Crippen LogP contribution in [0.1, 0.15) is 10.4 Å². The molecule has 5 heteroatoms. The first-order valence-electron chi connectivity index (χ1n) is 5.18. The first-order chi connectivity index (χ1) is 8.56. The summed E-state index contributed by atoms with van der Waals surface area (Å²) in [4.78, 5) is 11.9. The molecule has 0 aliphatic heterocycles. The number of nitrogens with two attached hydrogens (primary N) is 1. The van der Waals surface area contributed by atoms with E-state index in [0.29, 0.717) is 11.3 Å². The Morgan fingerprint density at radius 3 is 2.67 bits per heavy atom. The van der Waals surface area contributed by atoms with Gasteiger partial charge in [0.05, 0.1) is 5.69 Å². The molecule has 0 bridgehead atoms. The minimum Gasteiger partial charge on any atom is -0.396 e. The molecule has 3 N–H and O–H groups in total. The second kappa shape index (κ2) is 5.18. The Morgan fingerprint density at radius 1 is 1.22 bits per heavy atom. The number of hydrogen-bond acceptors (Lipinski definition) is 2. The van der Waals surface area contributed by atoms with Crippen LogP contribution >= 0.6 is 15.9 Å². The van der Waals surface area contributed by atoms with Crippen LogP contribution in [0.2, 0.25) is 0 Å². The Morgan fingerprint density at radius 2 is 2.00 bits per heavy atom. The number of amides is 1. The summed E-state index contributed by atoms with van der Waals surface area (Å²) in [5, 5.41) is 2.70. The molecule has 18 heavy (non-hydrogen) atoms. The van der Waals surface area contributed by atoms with Crippen LogP contribution in [0.5, 0.6) is 0 Å². The van der Waals surface area contributed by atoms with Gasteiger partial charge in [0.15, 0.2) is 0 Å². The first-order valence-corrected chi connectivity index (χ1v) is 5.97. The first kappa shape index (κ1) is 12.6. The van der Waals surface area contributed by atoms with Gasteiger partial charge in [-0.25, -0.2) is 4.39 Å². The molecule has 0 aliphatic carbocycles. The number of hydrogen-bond donors (Lipinski definition) is 2. The van der Waals surface area contributed by atoms with Crippen molar-refractivity contribution in [1.29, 1.82) is 0 Å². The van der Waals surface area contributed by atoms with Gasteiger partial charge < -0.3 is 11.1 Å². The molecule has 92 valence electrons. The summed E-state index contributed by atoms with van der Waals surface area (Å²) in [6.07, 6.45) is 0. The van der Waals surface area contributed by atoms with Gasteiger partial charge in [0.2, 0.25) is 0 Å². The Kier molecular flexibility index (Phi) is 3.62. The maximum absolute atomic E-state index is 13.0. The van der Waals surface area contributed by atoms with Crippen molar-refractivity contribution in [1.82, 2.24) is 0 Å². The molecular weight excluding hydrogens is 299 g/mol. The summed E-state index contributed by atoms with van der Waals surface area (Å²) >= 11 is 3.31. The van der Waals surface area contributed by atoms with E-state index in [4.69, 9.17) is 5.73 Å². The van der Waals surface area contributed by atoms with Gasteiger partial charge in [-0.05, 0) is 36.4 Å². The molecular formula is C13H10BrFN2O. The van der Waals surface area contributed by atoms with E-state index in [9.17, 15) is 9.18 Å². The summed E-state index contributed by atoms with van der Waals surface area (Å²) in [7, 11) is 0. The Bertz CT molecular complexity index is 601.